The molecule has 0 fully saturated rings. The van der Waals surface area contributed by atoms with Gasteiger partial charge in [-0.2, -0.15) is 26.3 Å². The highest BCUT2D eigenvalue weighted by molar-refractivity contribution is 7.18. The van der Waals surface area contributed by atoms with Crippen LogP contribution in [-0.4, -0.2) is 28.2 Å². The summed E-state index contributed by atoms with van der Waals surface area (Å²) in [6, 6.07) is 7.40. The second-order valence-electron chi connectivity index (χ2n) is 8.02. The van der Waals surface area contributed by atoms with E-state index in [-0.39, 0.29) is 11.2 Å². The van der Waals surface area contributed by atoms with Crippen LogP contribution in [0, 0.1) is 5.92 Å². The first kappa shape index (κ1) is 27.9. The molecular weight excluding hydrogens is 524 g/mol. The van der Waals surface area contributed by atoms with Gasteiger partial charge in [0.1, 0.15) is 11.0 Å². The van der Waals surface area contributed by atoms with Crippen LogP contribution in [0.3, 0.4) is 0 Å². The number of hydrogen-bond donors (Lipinski definition) is 3. The number of nitrogens with one attached hydrogen (secondary N) is 3. The Labute approximate surface area is 211 Å². The van der Waals surface area contributed by atoms with Gasteiger partial charge in [-0.1, -0.05) is 61.9 Å². The van der Waals surface area contributed by atoms with Gasteiger partial charge in [-0.05, 0) is 24.1 Å². The number of urea groups is 1. The number of benzene rings is 2. The van der Waals surface area contributed by atoms with Gasteiger partial charge >= 0.3 is 18.4 Å². The van der Waals surface area contributed by atoms with E-state index in [0.717, 1.165) is 16.9 Å². The highest BCUT2D eigenvalue weighted by Gasteiger charge is 2.37. The van der Waals surface area contributed by atoms with Gasteiger partial charge in [-0.25, -0.2) is 4.79 Å². The molecule has 14 heteroatoms. The van der Waals surface area contributed by atoms with Crippen LogP contribution in [-0.2, 0) is 17.1 Å². The quantitative estimate of drug-likeness (QED) is 0.299. The summed E-state index contributed by atoms with van der Waals surface area (Å²) in [6.07, 6.45) is -9.73. The van der Waals surface area contributed by atoms with E-state index in [2.05, 4.69) is 20.8 Å². The third kappa shape index (κ3) is 7.41. The summed E-state index contributed by atoms with van der Waals surface area (Å²) in [5.41, 5.74) is -3.13. The zero-order valence-electron chi connectivity index (χ0n) is 19.4. The molecule has 1 aromatic heterocycles. The van der Waals surface area contributed by atoms with E-state index >= 15 is 0 Å². The van der Waals surface area contributed by atoms with Gasteiger partial charge in [0.05, 0.1) is 11.1 Å². The topological polar surface area (TPSA) is 96.0 Å². The van der Waals surface area contributed by atoms with Crippen molar-refractivity contribution in [1.29, 1.82) is 0 Å². The van der Waals surface area contributed by atoms with Crippen LogP contribution in [0.5, 0.6) is 0 Å². The monoisotopic (exact) mass is 545 g/mol. The number of carbonyl (C=O) groups is 2. The maximum atomic E-state index is 13.1. The van der Waals surface area contributed by atoms with Crippen molar-refractivity contribution in [3.8, 4) is 10.6 Å². The number of aromatic nitrogens is 2. The molecule has 0 unspecified atom stereocenters. The van der Waals surface area contributed by atoms with Crippen molar-refractivity contribution in [2.24, 2.45) is 5.92 Å². The number of amides is 3. The number of hydrogen-bond acceptors (Lipinski definition) is 5. The fourth-order valence-electron chi connectivity index (χ4n) is 3.19. The van der Waals surface area contributed by atoms with Gasteiger partial charge in [-0.3, -0.25) is 10.1 Å². The summed E-state index contributed by atoms with van der Waals surface area (Å²) >= 11 is 1.08. The molecule has 0 bridgehead atoms. The minimum Gasteiger partial charge on any atom is -0.326 e. The van der Waals surface area contributed by atoms with Gasteiger partial charge in [0.2, 0.25) is 11.0 Å². The average molecular weight is 546 g/mol. The van der Waals surface area contributed by atoms with Crippen molar-refractivity contribution in [1.82, 2.24) is 15.5 Å². The minimum atomic E-state index is -5.08. The van der Waals surface area contributed by atoms with Crippen molar-refractivity contribution >= 4 is 34.1 Å². The lowest BCUT2D eigenvalue weighted by Gasteiger charge is -2.23. The van der Waals surface area contributed by atoms with Crippen LogP contribution in [0.4, 0.5) is 42.0 Å². The molecule has 7 nitrogen and oxygen atoms in total. The first-order valence-corrected chi connectivity index (χ1v) is 11.7. The molecule has 0 spiro atoms. The summed E-state index contributed by atoms with van der Waals surface area (Å²) in [4.78, 5) is 25.4. The summed E-state index contributed by atoms with van der Waals surface area (Å²) in [5.74, 6) is -1.13. The number of anilines is 2. The standard InChI is InChI=1S/C23H21F6N5O2S/c1-3-12(2)17(18(35)32-21-34-33-19(37-21)13-7-5-4-6-8-13)31-20(36)30-16-10-14(22(24,25)26)9-15(11-16)23(27,28)29/h4-12,17H,3H2,1-2H3,(H2,30,31,36)(H,32,34,35)/t12-,17-/m0/s1. The molecule has 2 aromatic carbocycles. The maximum absolute atomic E-state index is 13.1. The Morgan fingerprint density at radius 2 is 1.51 bits per heavy atom. The third-order valence-electron chi connectivity index (χ3n) is 5.30. The predicted octanol–water partition coefficient (Wildman–Crippen LogP) is 6.42. The molecule has 3 amide bonds. The van der Waals surface area contributed by atoms with Crippen LogP contribution in [0.1, 0.15) is 31.4 Å². The van der Waals surface area contributed by atoms with Gasteiger partial charge < -0.3 is 10.6 Å². The molecule has 3 rings (SSSR count). The second kappa shape index (κ2) is 11.2. The molecule has 0 aliphatic heterocycles. The van der Waals surface area contributed by atoms with Crippen molar-refractivity contribution in [3.05, 3.63) is 59.7 Å². The Bertz CT molecular complexity index is 1210. The lowest BCUT2D eigenvalue weighted by Crippen LogP contribution is -2.49. The third-order valence-corrected chi connectivity index (χ3v) is 6.19. The Morgan fingerprint density at radius 3 is 2.05 bits per heavy atom. The minimum absolute atomic E-state index is 0.0513. The SMILES string of the molecule is CC[C@H](C)[C@H](NC(=O)Nc1cc(C(F)(F)F)cc(C(F)(F)F)c1)C(=O)Nc1nnc(-c2ccccc2)s1. The summed E-state index contributed by atoms with van der Waals surface area (Å²) in [7, 11) is 0. The van der Waals surface area contributed by atoms with Crippen LogP contribution < -0.4 is 16.0 Å². The first-order chi connectivity index (χ1) is 17.3. The molecule has 1 heterocycles. The van der Waals surface area contributed by atoms with Gasteiger partial charge in [0.15, 0.2) is 0 Å². The second-order valence-corrected chi connectivity index (χ2v) is 9.00. The molecule has 0 saturated heterocycles. The fraction of sp³-hybridized carbons (Fsp3) is 0.304. The van der Waals surface area contributed by atoms with E-state index in [1.807, 2.05) is 11.4 Å². The Balaban J connectivity index is 1.76. The molecule has 3 aromatic rings. The Hall–Kier alpha value is -3.68. The van der Waals surface area contributed by atoms with Crippen LogP contribution in [0.2, 0.25) is 0 Å². The molecule has 0 saturated carbocycles. The molecule has 0 aliphatic carbocycles. The zero-order valence-corrected chi connectivity index (χ0v) is 20.2. The van der Waals surface area contributed by atoms with E-state index in [1.54, 1.807) is 38.1 Å². The molecular formula is C23H21F6N5O2S. The van der Waals surface area contributed by atoms with Gasteiger partial charge in [-0.15, -0.1) is 10.2 Å². The molecule has 198 valence electrons. The number of alkyl halides is 6. The van der Waals surface area contributed by atoms with E-state index < -0.39 is 53.1 Å². The summed E-state index contributed by atoms with van der Waals surface area (Å²) in [5, 5.41) is 15.4. The average Bonchev–Trinajstić information content (AvgIpc) is 3.29. The molecule has 0 aliphatic rings. The highest BCUT2D eigenvalue weighted by atomic mass is 32.1. The van der Waals surface area contributed by atoms with Crippen molar-refractivity contribution in [2.75, 3.05) is 10.6 Å². The van der Waals surface area contributed by atoms with Crippen LogP contribution >= 0.6 is 11.3 Å². The number of nitrogens with zero attached hydrogens (tertiary/aromatic N) is 2. The Kier molecular flexibility index (Phi) is 8.41. The zero-order chi connectivity index (χ0) is 27.4. The van der Waals surface area contributed by atoms with Gasteiger partial charge in [0.25, 0.3) is 0 Å². The number of carbonyl (C=O) groups excluding carboxylic acids is 2. The van der Waals surface area contributed by atoms with E-state index in [1.165, 1.54) is 0 Å². The lowest BCUT2D eigenvalue weighted by molar-refractivity contribution is -0.143. The summed E-state index contributed by atoms with van der Waals surface area (Å²) in [6.45, 7) is 3.39. The summed E-state index contributed by atoms with van der Waals surface area (Å²) < 4.78 is 78.6. The molecule has 37 heavy (non-hydrogen) atoms. The first-order valence-electron chi connectivity index (χ1n) is 10.8. The smallest absolute Gasteiger partial charge is 0.326 e. The predicted molar refractivity (Wildman–Crippen MR) is 126 cm³/mol. The van der Waals surface area contributed by atoms with E-state index in [4.69, 9.17) is 0 Å². The van der Waals surface area contributed by atoms with Crippen LogP contribution in [0.15, 0.2) is 48.5 Å². The number of halogens is 6. The van der Waals surface area contributed by atoms with Crippen molar-refractivity contribution in [3.63, 3.8) is 0 Å². The highest BCUT2D eigenvalue weighted by Crippen LogP contribution is 2.37. The molecule has 3 N–H and O–H groups in total. The van der Waals surface area contributed by atoms with Gasteiger partial charge in [0, 0.05) is 11.3 Å². The lowest BCUT2D eigenvalue weighted by atomic mass is 9.98. The fourth-order valence-corrected chi connectivity index (χ4v) is 3.94. The maximum Gasteiger partial charge on any atom is 0.416 e. The Morgan fingerprint density at radius 1 is 0.919 bits per heavy atom. The number of rotatable bonds is 7. The van der Waals surface area contributed by atoms with Crippen LogP contribution in [0.25, 0.3) is 10.6 Å². The van der Waals surface area contributed by atoms with Crippen molar-refractivity contribution in [2.45, 2.75) is 38.7 Å². The normalized spacial score (nSPS) is 13.5. The molecule has 2 atom stereocenters. The molecule has 0 radical (unpaired) electrons. The largest absolute Gasteiger partial charge is 0.416 e. The van der Waals surface area contributed by atoms with E-state index in [9.17, 15) is 35.9 Å². The van der Waals surface area contributed by atoms with E-state index in [0.29, 0.717) is 23.6 Å². The van der Waals surface area contributed by atoms with Crippen molar-refractivity contribution < 1.29 is 35.9 Å².